The molecule has 0 bridgehead atoms. The van der Waals surface area contributed by atoms with Gasteiger partial charge in [0.05, 0.1) is 0 Å². The molecule has 0 aromatic carbocycles. The third kappa shape index (κ3) is 2.47. The van der Waals surface area contributed by atoms with Gasteiger partial charge in [0.1, 0.15) is 0 Å². The van der Waals surface area contributed by atoms with Gasteiger partial charge in [0, 0.05) is 5.92 Å². The van der Waals surface area contributed by atoms with E-state index in [9.17, 15) is 0 Å². The van der Waals surface area contributed by atoms with Crippen LogP contribution in [-0.2, 0) is 0 Å². The SMILES string of the molecule is C1=CCC(C2=CCCC=CC2)C=CC1. The van der Waals surface area contributed by atoms with Crippen molar-refractivity contribution in [3.05, 3.63) is 48.1 Å². The van der Waals surface area contributed by atoms with E-state index in [1.807, 2.05) is 0 Å². The van der Waals surface area contributed by atoms with Crippen LogP contribution in [0.15, 0.2) is 48.1 Å². The van der Waals surface area contributed by atoms with Crippen molar-refractivity contribution in [2.24, 2.45) is 5.92 Å². The Labute approximate surface area is 86.7 Å². The van der Waals surface area contributed by atoms with E-state index in [1.54, 1.807) is 5.57 Å². The van der Waals surface area contributed by atoms with Gasteiger partial charge in [0.2, 0.25) is 0 Å². The van der Waals surface area contributed by atoms with E-state index in [0.29, 0.717) is 5.92 Å². The molecule has 0 aromatic heterocycles. The summed E-state index contributed by atoms with van der Waals surface area (Å²) in [6.45, 7) is 0. The Morgan fingerprint density at radius 3 is 2.93 bits per heavy atom. The van der Waals surface area contributed by atoms with Gasteiger partial charge >= 0.3 is 0 Å². The maximum absolute atomic E-state index is 2.44. The summed E-state index contributed by atoms with van der Waals surface area (Å²) in [7, 11) is 0. The Morgan fingerprint density at radius 2 is 1.93 bits per heavy atom. The summed E-state index contributed by atoms with van der Waals surface area (Å²) in [6.07, 6.45) is 22.2. The molecule has 0 heterocycles. The topological polar surface area (TPSA) is 0 Å². The highest BCUT2D eigenvalue weighted by atomic mass is 14.1. The molecule has 14 heavy (non-hydrogen) atoms. The summed E-state index contributed by atoms with van der Waals surface area (Å²) in [5, 5.41) is 0. The average molecular weight is 186 g/mol. The second kappa shape index (κ2) is 4.99. The third-order valence-corrected chi connectivity index (χ3v) is 2.93. The highest BCUT2D eigenvalue weighted by Crippen LogP contribution is 2.25. The van der Waals surface area contributed by atoms with E-state index in [2.05, 4.69) is 42.5 Å². The first-order valence-electron chi connectivity index (χ1n) is 5.62. The lowest BCUT2D eigenvalue weighted by Gasteiger charge is -2.12. The van der Waals surface area contributed by atoms with Gasteiger partial charge in [-0.05, 0) is 32.1 Å². The predicted molar refractivity (Wildman–Crippen MR) is 62.1 cm³/mol. The van der Waals surface area contributed by atoms with Crippen molar-refractivity contribution in [1.29, 1.82) is 0 Å². The molecule has 0 fully saturated rings. The van der Waals surface area contributed by atoms with Crippen LogP contribution in [0.1, 0.15) is 32.1 Å². The fourth-order valence-electron chi connectivity index (χ4n) is 2.10. The molecule has 0 N–H and O–H groups in total. The number of hydrogen-bond acceptors (Lipinski definition) is 0. The molecule has 0 aliphatic heterocycles. The highest BCUT2D eigenvalue weighted by molar-refractivity contribution is 5.21. The molecule has 1 unspecified atom stereocenters. The summed E-state index contributed by atoms with van der Waals surface area (Å²) in [5.41, 5.74) is 1.61. The van der Waals surface area contributed by atoms with Gasteiger partial charge in [-0.15, -0.1) is 0 Å². The Morgan fingerprint density at radius 1 is 0.929 bits per heavy atom. The zero-order chi connectivity index (χ0) is 9.64. The van der Waals surface area contributed by atoms with Crippen LogP contribution in [0.3, 0.4) is 0 Å². The van der Waals surface area contributed by atoms with Crippen molar-refractivity contribution in [3.8, 4) is 0 Å². The minimum atomic E-state index is 0.663. The lowest BCUT2D eigenvalue weighted by atomic mass is 9.93. The summed E-state index contributed by atoms with van der Waals surface area (Å²) < 4.78 is 0. The van der Waals surface area contributed by atoms with Crippen molar-refractivity contribution < 1.29 is 0 Å². The normalized spacial score (nSPS) is 26.9. The molecule has 0 aromatic rings. The van der Waals surface area contributed by atoms with Crippen LogP contribution in [0.25, 0.3) is 0 Å². The first kappa shape index (κ1) is 9.51. The van der Waals surface area contributed by atoms with E-state index in [1.165, 1.54) is 19.3 Å². The lowest BCUT2D eigenvalue weighted by molar-refractivity contribution is 0.752. The van der Waals surface area contributed by atoms with Crippen molar-refractivity contribution in [1.82, 2.24) is 0 Å². The Balaban J connectivity index is 2.08. The molecule has 2 aliphatic rings. The summed E-state index contributed by atoms with van der Waals surface area (Å²) in [5.74, 6) is 0.663. The molecule has 0 saturated carbocycles. The molecule has 2 aliphatic carbocycles. The van der Waals surface area contributed by atoms with E-state index in [-0.39, 0.29) is 0 Å². The van der Waals surface area contributed by atoms with Crippen LogP contribution in [0.5, 0.6) is 0 Å². The largest absolute Gasteiger partial charge is 0.0879 e. The maximum atomic E-state index is 2.44. The second-order valence-corrected chi connectivity index (χ2v) is 4.01. The van der Waals surface area contributed by atoms with Gasteiger partial charge in [0.25, 0.3) is 0 Å². The van der Waals surface area contributed by atoms with E-state index in [4.69, 9.17) is 0 Å². The molecular formula is C14H18. The Bertz CT molecular complexity index is 289. The van der Waals surface area contributed by atoms with Crippen molar-refractivity contribution in [2.45, 2.75) is 32.1 Å². The van der Waals surface area contributed by atoms with Crippen LogP contribution in [-0.4, -0.2) is 0 Å². The van der Waals surface area contributed by atoms with E-state index >= 15 is 0 Å². The minimum absolute atomic E-state index is 0.663. The van der Waals surface area contributed by atoms with E-state index in [0.717, 1.165) is 12.8 Å². The van der Waals surface area contributed by atoms with Crippen LogP contribution in [0.2, 0.25) is 0 Å². The fraction of sp³-hybridized carbons (Fsp3) is 0.429. The summed E-state index contributed by atoms with van der Waals surface area (Å²) in [6, 6.07) is 0. The zero-order valence-corrected chi connectivity index (χ0v) is 8.65. The standard InChI is InChI=1S/C14H18/c1-2-6-10-13(9-5-1)14-11-7-3-4-8-12-14/h1,3,5-7,10,12-13H,2,4,8-9,11H2. The molecule has 0 nitrogen and oxygen atoms in total. The molecule has 1 atom stereocenters. The average Bonchev–Trinajstić information content (AvgIpc) is 2.62. The molecule has 74 valence electrons. The monoisotopic (exact) mass is 186 g/mol. The molecule has 2 rings (SSSR count). The fourth-order valence-corrected chi connectivity index (χ4v) is 2.10. The maximum Gasteiger partial charge on any atom is 0.00144 e. The smallest absolute Gasteiger partial charge is 0.00144 e. The Hall–Kier alpha value is -1.04. The quantitative estimate of drug-likeness (QED) is 0.539. The number of allylic oxidation sites excluding steroid dienone is 8. The first-order chi connectivity index (χ1) is 6.97. The molecule has 0 heteroatoms. The third-order valence-electron chi connectivity index (χ3n) is 2.93. The summed E-state index contributed by atoms with van der Waals surface area (Å²) >= 11 is 0. The summed E-state index contributed by atoms with van der Waals surface area (Å²) in [4.78, 5) is 0. The van der Waals surface area contributed by atoms with E-state index < -0.39 is 0 Å². The number of hydrogen-bond donors (Lipinski definition) is 0. The lowest BCUT2D eigenvalue weighted by Crippen LogP contribution is -1.98. The van der Waals surface area contributed by atoms with Crippen molar-refractivity contribution in [2.75, 3.05) is 0 Å². The predicted octanol–water partition coefficient (Wildman–Crippen LogP) is 4.18. The van der Waals surface area contributed by atoms with Gasteiger partial charge < -0.3 is 0 Å². The number of rotatable bonds is 1. The first-order valence-corrected chi connectivity index (χ1v) is 5.62. The van der Waals surface area contributed by atoms with Crippen LogP contribution < -0.4 is 0 Å². The van der Waals surface area contributed by atoms with Gasteiger partial charge in [0.15, 0.2) is 0 Å². The molecule has 0 saturated heterocycles. The highest BCUT2D eigenvalue weighted by Gasteiger charge is 2.10. The molecule has 0 radical (unpaired) electrons. The van der Waals surface area contributed by atoms with Crippen LogP contribution in [0.4, 0.5) is 0 Å². The van der Waals surface area contributed by atoms with Crippen LogP contribution >= 0.6 is 0 Å². The second-order valence-electron chi connectivity index (χ2n) is 4.01. The zero-order valence-electron chi connectivity index (χ0n) is 8.65. The minimum Gasteiger partial charge on any atom is -0.0879 e. The molecule has 0 amide bonds. The molecular weight excluding hydrogens is 168 g/mol. The van der Waals surface area contributed by atoms with Gasteiger partial charge in [-0.3, -0.25) is 0 Å². The van der Waals surface area contributed by atoms with Gasteiger partial charge in [-0.1, -0.05) is 48.1 Å². The molecule has 0 spiro atoms. The van der Waals surface area contributed by atoms with Crippen molar-refractivity contribution in [3.63, 3.8) is 0 Å². The van der Waals surface area contributed by atoms with Gasteiger partial charge in [-0.2, -0.15) is 0 Å². The van der Waals surface area contributed by atoms with Crippen LogP contribution in [0, 0.1) is 5.92 Å². The Kier molecular flexibility index (Phi) is 3.39. The van der Waals surface area contributed by atoms with Gasteiger partial charge in [-0.25, -0.2) is 0 Å². The van der Waals surface area contributed by atoms with Crippen molar-refractivity contribution >= 4 is 0 Å².